The predicted octanol–water partition coefficient (Wildman–Crippen LogP) is 3.18. The zero-order chi connectivity index (χ0) is 19.9. The van der Waals surface area contributed by atoms with Crippen molar-refractivity contribution in [1.82, 2.24) is 10.3 Å². The number of urea groups is 1. The average molecular weight is 402 g/mol. The summed E-state index contributed by atoms with van der Waals surface area (Å²) >= 11 is 1.28. The van der Waals surface area contributed by atoms with Gasteiger partial charge in [0.15, 0.2) is 5.13 Å². The Labute approximate surface area is 166 Å². The summed E-state index contributed by atoms with van der Waals surface area (Å²) in [7, 11) is 1.31. The summed E-state index contributed by atoms with van der Waals surface area (Å²) in [5, 5.41) is 10.6. The summed E-state index contributed by atoms with van der Waals surface area (Å²) in [6.07, 6.45) is 4.40. The van der Waals surface area contributed by atoms with E-state index in [1.165, 1.54) is 18.4 Å². The van der Waals surface area contributed by atoms with Crippen molar-refractivity contribution in [2.24, 2.45) is 0 Å². The molecule has 0 unspecified atom stereocenters. The van der Waals surface area contributed by atoms with Crippen molar-refractivity contribution in [2.45, 2.75) is 38.1 Å². The molecule has 0 saturated heterocycles. The second-order valence-corrected chi connectivity index (χ2v) is 7.38. The minimum absolute atomic E-state index is 0.0845. The standard InChI is InChI=1S/C19H22N4O4S/c1-27-17(25)12-6-8-14(9-7-12)20-16(24)10-15-11-28-19(22-15)23-18(26)21-13-4-2-3-5-13/h6-9,11,13H,2-5,10H2,1H3,(H,20,24)(H2,21,22,23,26). The summed E-state index contributed by atoms with van der Waals surface area (Å²) in [6, 6.07) is 6.39. The zero-order valence-electron chi connectivity index (χ0n) is 15.5. The van der Waals surface area contributed by atoms with E-state index in [0.717, 1.165) is 25.7 Å². The van der Waals surface area contributed by atoms with Crippen molar-refractivity contribution in [2.75, 3.05) is 17.7 Å². The van der Waals surface area contributed by atoms with Crippen LogP contribution in [0.3, 0.4) is 0 Å². The molecule has 1 aliphatic carbocycles. The van der Waals surface area contributed by atoms with Crippen LogP contribution in [0.1, 0.15) is 41.7 Å². The monoisotopic (exact) mass is 402 g/mol. The van der Waals surface area contributed by atoms with E-state index < -0.39 is 5.97 Å². The van der Waals surface area contributed by atoms with Crippen molar-refractivity contribution in [3.8, 4) is 0 Å². The zero-order valence-corrected chi connectivity index (χ0v) is 16.3. The topological polar surface area (TPSA) is 109 Å². The van der Waals surface area contributed by atoms with Gasteiger partial charge in [-0.3, -0.25) is 10.1 Å². The molecule has 28 heavy (non-hydrogen) atoms. The van der Waals surface area contributed by atoms with Crippen LogP contribution in [0.5, 0.6) is 0 Å². The Morgan fingerprint density at radius 3 is 2.54 bits per heavy atom. The molecule has 148 valence electrons. The van der Waals surface area contributed by atoms with Gasteiger partial charge >= 0.3 is 12.0 Å². The lowest BCUT2D eigenvalue weighted by atomic mass is 10.2. The molecule has 1 fully saturated rings. The van der Waals surface area contributed by atoms with Crippen LogP contribution in [0.2, 0.25) is 0 Å². The number of nitrogens with one attached hydrogen (secondary N) is 3. The van der Waals surface area contributed by atoms with E-state index in [1.807, 2.05) is 0 Å². The summed E-state index contributed by atoms with van der Waals surface area (Å²) in [5.41, 5.74) is 1.55. The number of carbonyl (C=O) groups is 3. The highest BCUT2D eigenvalue weighted by Crippen LogP contribution is 2.19. The number of hydrogen-bond donors (Lipinski definition) is 3. The molecule has 0 aliphatic heterocycles. The van der Waals surface area contributed by atoms with Gasteiger partial charge in [-0.2, -0.15) is 0 Å². The molecular formula is C19H22N4O4S. The number of aromatic nitrogens is 1. The maximum absolute atomic E-state index is 12.2. The number of esters is 1. The Morgan fingerprint density at radius 2 is 1.86 bits per heavy atom. The normalized spacial score (nSPS) is 13.8. The van der Waals surface area contributed by atoms with Crippen LogP contribution in [0, 0.1) is 0 Å². The third-order valence-corrected chi connectivity index (χ3v) is 5.20. The van der Waals surface area contributed by atoms with Gasteiger partial charge in [-0.15, -0.1) is 11.3 Å². The fourth-order valence-electron chi connectivity index (χ4n) is 3.01. The molecule has 3 N–H and O–H groups in total. The molecule has 0 atom stereocenters. The molecule has 1 aromatic carbocycles. The van der Waals surface area contributed by atoms with E-state index >= 15 is 0 Å². The van der Waals surface area contributed by atoms with Crippen LogP contribution < -0.4 is 16.0 Å². The molecule has 1 aliphatic rings. The Morgan fingerprint density at radius 1 is 1.14 bits per heavy atom. The first-order valence-electron chi connectivity index (χ1n) is 9.03. The van der Waals surface area contributed by atoms with E-state index in [-0.39, 0.29) is 24.4 Å². The molecule has 3 rings (SSSR count). The molecule has 9 heteroatoms. The minimum atomic E-state index is -0.433. The number of thiazole rings is 1. The van der Waals surface area contributed by atoms with Crippen molar-refractivity contribution in [1.29, 1.82) is 0 Å². The molecule has 2 aromatic rings. The van der Waals surface area contributed by atoms with Gasteiger partial charge in [0, 0.05) is 17.1 Å². The lowest BCUT2D eigenvalue weighted by Gasteiger charge is -2.11. The summed E-state index contributed by atoms with van der Waals surface area (Å²) in [4.78, 5) is 39.8. The van der Waals surface area contributed by atoms with Crippen LogP contribution in [-0.4, -0.2) is 36.0 Å². The Balaban J connectivity index is 1.48. The Hall–Kier alpha value is -2.94. The van der Waals surface area contributed by atoms with E-state index in [1.54, 1.807) is 29.6 Å². The second-order valence-electron chi connectivity index (χ2n) is 6.52. The van der Waals surface area contributed by atoms with Crippen LogP contribution in [0.15, 0.2) is 29.6 Å². The predicted molar refractivity (Wildman–Crippen MR) is 107 cm³/mol. The minimum Gasteiger partial charge on any atom is -0.465 e. The van der Waals surface area contributed by atoms with Crippen molar-refractivity contribution < 1.29 is 19.1 Å². The Kier molecular flexibility index (Phi) is 6.59. The molecule has 8 nitrogen and oxygen atoms in total. The largest absolute Gasteiger partial charge is 0.465 e. The van der Waals surface area contributed by atoms with E-state index in [9.17, 15) is 14.4 Å². The number of benzene rings is 1. The van der Waals surface area contributed by atoms with E-state index in [4.69, 9.17) is 0 Å². The fraction of sp³-hybridized carbons (Fsp3) is 0.368. The van der Waals surface area contributed by atoms with Gasteiger partial charge in [0.25, 0.3) is 0 Å². The highest BCUT2D eigenvalue weighted by molar-refractivity contribution is 7.13. The molecule has 1 heterocycles. The van der Waals surface area contributed by atoms with Crippen LogP contribution in [0.4, 0.5) is 15.6 Å². The van der Waals surface area contributed by atoms with E-state index in [0.29, 0.717) is 22.1 Å². The summed E-state index contributed by atoms with van der Waals surface area (Å²) in [5.74, 6) is -0.671. The quantitative estimate of drug-likeness (QED) is 0.643. The second kappa shape index (κ2) is 9.32. The number of rotatable bonds is 6. The van der Waals surface area contributed by atoms with Gasteiger partial charge in [0.2, 0.25) is 5.91 Å². The lowest BCUT2D eigenvalue weighted by molar-refractivity contribution is -0.115. The first-order chi connectivity index (χ1) is 13.5. The van der Waals surface area contributed by atoms with Crippen LogP contribution >= 0.6 is 11.3 Å². The van der Waals surface area contributed by atoms with Gasteiger partial charge in [-0.25, -0.2) is 14.6 Å². The van der Waals surface area contributed by atoms with Gasteiger partial charge < -0.3 is 15.4 Å². The lowest BCUT2D eigenvalue weighted by Crippen LogP contribution is -2.36. The van der Waals surface area contributed by atoms with Crippen molar-refractivity contribution >= 4 is 40.1 Å². The first-order valence-corrected chi connectivity index (χ1v) is 9.91. The summed E-state index contributed by atoms with van der Waals surface area (Å²) < 4.78 is 4.64. The van der Waals surface area contributed by atoms with Crippen molar-refractivity contribution in [3.05, 3.63) is 40.9 Å². The number of nitrogens with zero attached hydrogens (tertiary/aromatic N) is 1. The number of anilines is 2. The van der Waals surface area contributed by atoms with Crippen LogP contribution in [0.25, 0.3) is 0 Å². The van der Waals surface area contributed by atoms with Gasteiger partial charge in [0.1, 0.15) is 0 Å². The van der Waals surface area contributed by atoms with Gasteiger partial charge in [0.05, 0.1) is 24.8 Å². The smallest absolute Gasteiger partial charge is 0.337 e. The highest BCUT2D eigenvalue weighted by atomic mass is 32.1. The summed E-state index contributed by atoms with van der Waals surface area (Å²) in [6.45, 7) is 0. The molecule has 0 radical (unpaired) electrons. The molecule has 3 amide bonds. The van der Waals surface area contributed by atoms with Gasteiger partial charge in [-0.1, -0.05) is 12.8 Å². The molecule has 0 bridgehead atoms. The number of ether oxygens (including phenoxy) is 1. The number of methoxy groups -OCH3 is 1. The molecule has 1 saturated carbocycles. The maximum atomic E-state index is 12.2. The molecule has 0 spiro atoms. The molecule has 1 aromatic heterocycles. The number of carbonyl (C=O) groups excluding carboxylic acids is 3. The van der Waals surface area contributed by atoms with Crippen molar-refractivity contribution in [3.63, 3.8) is 0 Å². The fourth-order valence-corrected chi connectivity index (χ4v) is 3.72. The van der Waals surface area contributed by atoms with Gasteiger partial charge in [-0.05, 0) is 37.1 Å². The highest BCUT2D eigenvalue weighted by Gasteiger charge is 2.18. The Bertz CT molecular complexity index is 844. The third-order valence-electron chi connectivity index (χ3n) is 4.39. The third kappa shape index (κ3) is 5.53. The SMILES string of the molecule is COC(=O)c1ccc(NC(=O)Cc2csc(NC(=O)NC3CCCC3)n2)cc1. The maximum Gasteiger partial charge on any atom is 0.337 e. The number of hydrogen-bond acceptors (Lipinski definition) is 6. The van der Waals surface area contributed by atoms with E-state index in [2.05, 4.69) is 25.7 Å². The first kappa shape index (κ1) is 19.8. The molecular weight excluding hydrogens is 380 g/mol. The average Bonchev–Trinajstić information content (AvgIpc) is 3.33. The van der Waals surface area contributed by atoms with Crippen LogP contribution in [-0.2, 0) is 16.0 Å². The number of amides is 3.